The predicted molar refractivity (Wildman–Crippen MR) is 81.3 cm³/mol. The molecule has 1 N–H and O–H groups in total. The van der Waals surface area contributed by atoms with E-state index in [0.717, 1.165) is 5.46 Å². The zero-order valence-electron chi connectivity index (χ0n) is 13.3. The molecule has 1 aliphatic heterocycles. The molecule has 0 radical (unpaired) electrons. The van der Waals surface area contributed by atoms with Crippen LogP contribution in [-0.4, -0.2) is 43.8 Å². The van der Waals surface area contributed by atoms with E-state index in [1.165, 1.54) is 0 Å². The third-order valence-corrected chi connectivity index (χ3v) is 4.06. The minimum absolute atomic E-state index is 0.0396. The van der Waals surface area contributed by atoms with Crippen LogP contribution in [0.2, 0.25) is 0 Å². The summed E-state index contributed by atoms with van der Waals surface area (Å²) in [6, 6.07) is 5.53. The molecule has 2 rings (SSSR count). The molecule has 0 unspecified atom stereocenters. The second-order valence-electron chi connectivity index (χ2n) is 6.07. The first-order valence-corrected chi connectivity index (χ1v) is 7.08. The maximum atomic E-state index is 8.83. The summed E-state index contributed by atoms with van der Waals surface area (Å²) in [5, 5.41) is 8.83. The van der Waals surface area contributed by atoms with Crippen molar-refractivity contribution in [3.05, 3.63) is 18.2 Å². The molecule has 6 heteroatoms. The van der Waals surface area contributed by atoms with Gasteiger partial charge in [0.15, 0.2) is 11.5 Å². The molecule has 1 aliphatic rings. The normalized spacial score (nSPS) is 19.6. The summed E-state index contributed by atoms with van der Waals surface area (Å²) in [4.78, 5) is 0. The van der Waals surface area contributed by atoms with Crippen LogP contribution in [0.15, 0.2) is 18.2 Å². The summed E-state index contributed by atoms with van der Waals surface area (Å²) in [6.07, 6.45) is 0. The van der Waals surface area contributed by atoms with Crippen LogP contribution >= 0.6 is 0 Å². The molecule has 0 aromatic heterocycles. The Morgan fingerprint density at radius 1 is 1.10 bits per heavy atom. The zero-order chi connectivity index (χ0) is 15.7. The summed E-state index contributed by atoms with van der Waals surface area (Å²) in [5.41, 5.74) is 0.121. The van der Waals surface area contributed by atoms with Crippen LogP contribution in [-0.2, 0) is 9.31 Å². The quantitative estimate of drug-likeness (QED) is 0.831. The predicted octanol–water partition coefficient (Wildman–Crippen LogP) is 1.37. The Morgan fingerprint density at radius 3 is 2.24 bits per heavy atom. The Balaban J connectivity index is 2.22. The van der Waals surface area contributed by atoms with Crippen molar-refractivity contribution in [3.63, 3.8) is 0 Å². The summed E-state index contributed by atoms with van der Waals surface area (Å²) >= 11 is 0. The van der Waals surface area contributed by atoms with Gasteiger partial charge in [-0.2, -0.15) is 0 Å². The van der Waals surface area contributed by atoms with Crippen molar-refractivity contribution < 1.29 is 23.9 Å². The van der Waals surface area contributed by atoms with Gasteiger partial charge in [0.2, 0.25) is 0 Å². The number of hydrogen-bond donors (Lipinski definition) is 1. The lowest BCUT2D eigenvalue weighted by molar-refractivity contribution is 0.00578. The van der Waals surface area contributed by atoms with Crippen LogP contribution in [0.4, 0.5) is 0 Å². The summed E-state index contributed by atoms with van der Waals surface area (Å²) < 4.78 is 22.8. The van der Waals surface area contributed by atoms with E-state index in [2.05, 4.69) is 0 Å². The van der Waals surface area contributed by atoms with Crippen LogP contribution in [0.1, 0.15) is 27.7 Å². The third-order valence-electron chi connectivity index (χ3n) is 4.06. The summed E-state index contributed by atoms with van der Waals surface area (Å²) in [6.45, 7) is 8.26. The van der Waals surface area contributed by atoms with Crippen LogP contribution in [0.25, 0.3) is 0 Å². The molecule has 0 saturated carbocycles. The lowest BCUT2D eigenvalue weighted by atomic mass is 9.79. The van der Waals surface area contributed by atoms with Gasteiger partial charge in [0, 0.05) is 0 Å². The first-order chi connectivity index (χ1) is 9.80. The fourth-order valence-electron chi connectivity index (χ4n) is 2.08. The molecule has 1 aromatic carbocycles. The highest BCUT2D eigenvalue weighted by atomic mass is 16.7. The Morgan fingerprint density at radius 2 is 1.71 bits per heavy atom. The van der Waals surface area contributed by atoms with E-state index in [9.17, 15) is 0 Å². The van der Waals surface area contributed by atoms with Gasteiger partial charge in [0.05, 0.1) is 24.9 Å². The SMILES string of the molecule is COc1cc(B2OC(C)(C)C(C)(C)O2)ccc1OCCO. The third kappa shape index (κ3) is 3.17. The molecule has 0 bridgehead atoms. The number of rotatable bonds is 5. The Kier molecular flexibility index (Phi) is 4.51. The largest absolute Gasteiger partial charge is 0.494 e. The van der Waals surface area contributed by atoms with E-state index in [4.69, 9.17) is 23.9 Å². The molecule has 0 amide bonds. The van der Waals surface area contributed by atoms with Gasteiger partial charge in [-0.3, -0.25) is 0 Å². The van der Waals surface area contributed by atoms with E-state index in [0.29, 0.717) is 11.5 Å². The number of aliphatic hydroxyl groups is 1. The van der Waals surface area contributed by atoms with E-state index in [1.807, 2.05) is 39.8 Å². The second-order valence-corrected chi connectivity index (χ2v) is 6.07. The van der Waals surface area contributed by atoms with Crippen LogP contribution in [0.3, 0.4) is 0 Å². The van der Waals surface area contributed by atoms with Crippen LogP contribution < -0.4 is 14.9 Å². The van der Waals surface area contributed by atoms with E-state index in [-0.39, 0.29) is 24.4 Å². The van der Waals surface area contributed by atoms with Gasteiger partial charge in [0.1, 0.15) is 6.61 Å². The molecule has 0 atom stereocenters. The lowest BCUT2D eigenvalue weighted by Gasteiger charge is -2.32. The maximum absolute atomic E-state index is 8.83. The minimum atomic E-state index is -0.434. The Bertz CT molecular complexity index is 485. The fourth-order valence-corrected chi connectivity index (χ4v) is 2.08. The van der Waals surface area contributed by atoms with E-state index >= 15 is 0 Å². The van der Waals surface area contributed by atoms with Crippen LogP contribution in [0, 0.1) is 0 Å². The highest BCUT2D eigenvalue weighted by molar-refractivity contribution is 6.62. The first kappa shape index (κ1) is 16.1. The molecule has 1 aromatic rings. The van der Waals surface area contributed by atoms with Gasteiger partial charge in [-0.05, 0) is 45.3 Å². The standard InChI is InChI=1S/C15H23BO5/c1-14(2)15(3,4)21-16(20-14)11-6-7-12(19-9-8-17)13(10-11)18-5/h6-7,10,17H,8-9H2,1-5H3. The van der Waals surface area contributed by atoms with Gasteiger partial charge in [-0.25, -0.2) is 0 Å². The Labute approximate surface area is 126 Å². The molecule has 5 nitrogen and oxygen atoms in total. The maximum Gasteiger partial charge on any atom is 0.494 e. The lowest BCUT2D eigenvalue weighted by Crippen LogP contribution is -2.41. The molecular weight excluding hydrogens is 271 g/mol. The van der Waals surface area contributed by atoms with Crippen molar-refractivity contribution >= 4 is 12.6 Å². The van der Waals surface area contributed by atoms with Gasteiger partial charge in [0.25, 0.3) is 0 Å². The van der Waals surface area contributed by atoms with Gasteiger partial charge in [-0.15, -0.1) is 0 Å². The monoisotopic (exact) mass is 294 g/mol. The summed E-state index contributed by atoms with van der Waals surface area (Å²) in [5.74, 6) is 1.18. The molecule has 116 valence electrons. The average molecular weight is 294 g/mol. The highest BCUT2D eigenvalue weighted by Crippen LogP contribution is 2.37. The van der Waals surface area contributed by atoms with Gasteiger partial charge in [-0.1, -0.05) is 6.07 Å². The van der Waals surface area contributed by atoms with E-state index in [1.54, 1.807) is 13.2 Å². The van der Waals surface area contributed by atoms with Crippen molar-refractivity contribution in [1.82, 2.24) is 0 Å². The number of methoxy groups -OCH3 is 1. The number of aliphatic hydroxyl groups excluding tert-OH is 1. The topological polar surface area (TPSA) is 57.2 Å². The summed E-state index contributed by atoms with van der Waals surface area (Å²) in [7, 11) is 1.14. The van der Waals surface area contributed by atoms with Crippen molar-refractivity contribution in [2.45, 2.75) is 38.9 Å². The molecule has 1 saturated heterocycles. The average Bonchev–Trinajstić information content (AvgIpc) is 2.65. The van der Waals surface area contributed by atoms with Crippen molar-refractivity contribution in [3.8, 4) is 11.5 Å². The number of hydrogen-bond acceptors (Lipinski definition) is 5. The number of ether oxygens (including phenoxy) is 2. The van der Waals surface area contributed by atoms with Crippen molar-refractivity contribution in [2.75, 3.05) is 20.3 Å². The van der Waals surface area contributed by atoms with Gasteiger partial charge < -0.3 is 23.9 Å². The van der Waals surface area contributed by atoms with Gasteiger partial charge >= 0.3 is 7.12 Å². The van der Waals surface area contributed by atoms with E-state index < -0.39 is 7.12 Å². The molecule has 1 fully saturated rings. The smallest absolute Gasteiger partial charge is 0.493 e. The Hall–Kier alpha value is -1.24. The first-order valence-electron chi connectivity index (χ1n) is 7.08. The fraction of sp³-hybridized carbons (Fsp3) is 0.600. The van der Waals surface area contributed by atoms with Crippen molar-refractivity contribution in [1.29, 1.82) is 0 Å². The van der Waals surface area contributed by atoms with Crippen LogP contribution in [0.5, 0.6) is 11.5 Å². The molecule has 21 heavy (non-hydrogen) atoms. The molecule has 0 aliphatic carbocycles. The molecule has 1 heterocycles. The minimum Gasteiger partial charge on any atom is -0.493 e. The number of benzene rings is 1. The zero-order valence-corrected chi connectivity index (χ0v) is 13.3. The second kappa shape index (κ2) is 5.87. The molecular formula is C15H23BO5. The highest BCUT2D eigenvalue weighted by Gasteiger charge is 2.51. The molecule has 0 spiro atoms. The van der Waals surface area contributed by atoms with Crippen molar-refractivity contribution in [2.24, 2.45) is 0 Å².